The van der Waals surface area contributed by atoms with Gasteiger partial charge in [0.05, 0.1) is 19.4 Å². The van der Waals surface area contributed by atoms with Crippen LogP contribution in [0.5, 0.6) is 5.75 Å². The first-order valence-corrected chi connectivity index (χ1v) is 11.0. The van der Waals surface area contributed by atoms with E-state index >= 15 is 0 Å². The maximum Gasteiger partial charge on any atom is 0.155 e. The van der Waals surface area contributed by atoms with Gasteiger partial charge in [0.1, 0.15) is 5.75 Å². The lowest BCUT2D eigenvalue weighted by Gasteiger charge is -2.28. The standard InChI is InChI=1S/C27H29N3O2/c1-21-10-6-7-13-25(21)26(28-23-14-16-24(31-2)17-15-23)20-27(30-18-8-9-19-32-30)29-22-11-4-3-5-12-22/h3-7,10-17,20,28H,8-9,18-19H2,1-2H3/b26-20-,29-27-. The monoisotopic (exact) mass is 427 g/mol. The first kappa shape index (κ1) is 21.7. The van der Waals surface area contributed by atoms with Gasteiger partial charge in [0.2, 0.25) is 0 Å². The van der Waals surface area contributed by atoms with Crippen molar-refractivity contribution in [3.63, 3.8) is 0 Å². The number of rotatable bonds is 6. The van der Waals surface area contributed by atoms with E-state index in [0.717, 1.165) is 53.6 Å². The van der Waals surface area contributed by atoms with Gasteiger partial charge in [-0.1, -0.05) is 42.5 Å². The van der Waals surface area contributed by atoms with Gasteiger partial charge in [-0.2, -0.15) is 0 Å². The van der Waals surface area contributed by atoms with Crippen molar-refractivity contribution in [2.24, 2.45) is 4.99 Å². The van der Waals surface area contributed by atoms with E-state index in [2.05, 4.69) is 42.6 Å². The Kier molecular flexibility index (Phi) is 7.20. The minimum Gasteiger partial charge on any atom is -0.497 e. The molecule has 0 saturated carbocycles. The van der Waals surface area contributed by atoms with Crippen molar-refractivity contribution in [2.75, 3.05) is 25.6 Å². The minimum absolute atomic E-state index is 0.702. The summed E-state index contributed by atoms with van der Waals surface area (Å²) in [5.41, 5.74) is 5.11. The maximum atomic E-state index is 5.97. The molecule has 1 saturated heterocycles. The van der Waals surface area contributed by atoms with Gasteiger partial charge >= 0.3 is 0 Å². The molecule has 0 unspecified atom stereocenters. The SMILES string of the molecule is COc1ccc(N/C(=C\C(=N\c2ccccc2)N2CCCCO2)c2ccccc2C)cc1. The quantitative estimate of drug-likeness (QED) is 0.375. The maximum absolute atomic E-state index is 5.97. The van der Waals surface area contributed by atoms with E-state index in [1.165, 1.54) is 5.56 Å². The summed E-state index contributed by atoms with van der Waals surface area (Å²) >= 11 is 0. The van der Waals surface area contributed by atoms with Crippen LogP contribution in [0.4, 0.5) is 11.4 Å². The molecule has 0 atom stereocenters. The Hall–Kier alpha value is -3.57. The molecule has 1 aliphatic heterocycles. The number of benzene rings is 3. The lowest BCUT2D eigenvalue weighted by atomic mass is 10.0. The van der Waals surface area contributed by atoms with Crippen LogP contribution in [0, 0.1) is 6.92 Å². The molecule has 0 spiro atoms. The summed E-state index contributed by atoms with van der Waals surface area (Å²) in [4.78, 5) is 10.9. The van der Waals surface area contributed by atoms with E-state index in [4.69, 9.17) is 14.6 Å². The van der Waals surface area contributed by atoms with Crippen molar-refractivity contribution in [3.05, 3.63) is 96.1 Å². The average molecular weight is 428 g/mol. The Morgan fingerprint density at radius 2 is 1.72 bits per heavy atom. The van der Waals surface area contributed by atoms with E-state index in [9.17, 15) is 0 Å². The number of nitrogens with one attached hydrogen (secondary N) is 1. The topological polar surface area (TPSA) is 46.1 Å². The van der Waals surface area contributed by atoms with Crippen LogP contribution in [0.3, 0.4) is 0 Å². The van der Waals surface area contributed by atoms with Crippen LogP contribution in [0.1, 0.15) is 24.0 Å². The van der Waals surface area contributed by atoms with Crippen LogP contribution in [0.2, 0.25) is 0 Å². The van der Waals surface area contributed by atoms with E-state index < -0.39 is 0 Å². The lowest BCUT2D eigenvalue weighted by Crippen LogP contribution is -2.35. The number of methoxy groups -OCH3 is 1. The Balaban J connectivity index is 1.77. The number of hydrogen-bond acceptors (Lipinski definition) is 4. The molecule has 0 bridgehead atoms. The molecule has 5 heteroatoms. The number of hydroxylamine groups is 2. The summed E-state index contributed by atoms with van der Waals surface area (Å²) in [5, 5.41) is 5.49. The molecule has 0 radical (unpaired) electrons. The Bertz CT molecular complexity index is 1070. The number of hydrogen-bond donors (Lipinski definition) is 1. The molecule has 0 aromatic heterocycles. The number of anilines is 1. The number of amidine groups is 1. The number of nitrogens with zero attached hydrogens (tertiary/aromatic N) is 2. The Morgan fingerprint density at radius 1 is 0.969 bits per heavy atom. The van der Waals surface area contributed by atoms with Gasteiger partial charge in [0.25, 0.3) is 0 Å². The molecule has 164 valence electrons. The fraction of sp³-hybridized carbons (Fsp3) is 0.222. The first-order chi connectivity index (χ1) is 15.7. The van der Waals surface area contributed by atoms with Crippen molar-refractivity contribution in [2.45, 2.75) is 19.8 Å². The third-order valence-corrected chi connectivity index (χ3v) is 5.34. The largest absolute Gasteiger partial charge is 0.497 e. The van der Waals surface area contributed by atoms with Gasteiger partial charge in [-0.3, -0.25) is 4.84 Å². The molecule has 1 aliphatic rings. The second kappa shape index (κ2) is 10.6. The average Bonchev–Trinajstić information content (AvgIpc) is 2.85. The highest BCUT2D eigenvalue weighted by Gasteiger charge is 2.17. The van der Waals surface area contributed by atoms with Gasteiger partial charge in [-0.05, 0) is 61.7 Å². The molecule has 4 rings (SSSR count). The number of ether oxygens (including phenoxy) is 1. The molecule has 0 amide bonds. The van der Waals surface area contributed by atoms with Crippen molar-refractivity contribution in [1.82, 2.24) is 5.06 Å². The van der Waals surface area contributed by atoms with Gasteiger partial charge in [-0.15, -0.1) is 0 Å². The predicted octanol–water partition coefficient (Wildman–Crippen LogP) is 6.21. The number of aliphatic imine (C=N–C) groups is 1. The molecule has 0 aliphatic carbocycles. The molecule has 1 heterocycles. The molecular formula is C27H29N3O2. The van der Waals surface area contributed by atoms with E-state index in [1.54, 1.807) is 7.11 Å². The molecule has 1 fully saturated rings. The summed E-state index contributed by atoms with van der Waals surface area (Å²) in [6, 6.07) is 26.2. The normalized spacial score (nSPS) is 14.9. The van der Waals surface area contributed by atoms with Crippen LogP contribution < -0.4 is 10.1 Å². The zero-order valence-electron chi connectivity index (χ0n) is 18.6. The van der Waals surface area contributed by atoms with E-state index in [0.29, 0.717) is 6.61 Å². The molecule has 32 heavy (non-hydrogen) atoms. The molecule has 3 aromatic carbocycles. The minimum atomic E-state index is 0.702. The van der Waals surface area contributed by atoms with Gasteiger partial charge < -0.3 is 10.1 Å². The van der Waals surface area contributed by atoms with Crippen molar-refractivity contribution in [1.29, 1.82) is 0 Å². The Morgan fingerprint density at radius 3 is 2.41 bits per heavy atom. The van der Waals surface area contributed by atoms with Crippen molar-refractivity contribution in [3.8, 4) is 5.75 Å². The molecule has 5 nitrogen and oxygen atoms in total. The molecular weight excluding hydrogens is 398 g/mol. The highest BCUT2D eigenvalue weighted by atomic mass is 16.7. The predicted molar refractivity (Wildman–Crippen MR) is 131 cm³/mol. The number of aryl methyl sites for hydroxylation is 1. The van der Waals surface area contributed by atoms with Crippen LogP contribution in [0.25, 0.3) is 5.70 Å². The van der Waals surface area contributed by atoms with E-state index in [-0.39, 0.29) is 0 Å². The third-order valence-electron chi connectivity index (χ3n) is 5.34. The highest BCUT2D eigenvalue weighted by molar-refractivity contribution is 6.02. The zero-order chi connectivity index (χ0) is 22.2. The van der Waals surface area contributed by atoms with Crippen LogP contribution in [-0.4, -0.2) is 31.2 Å². The lowest BCUT2D eigenvalue weighted by molar-refractivity contribution is -0.122. The summed E-state index contributed by atoms with van der Waals surface area (Å²) < 4.78 is 5.30. The Labute approximate surface area is 190 Å². The third kappa shape index (κ3) is 5.56. The summed E-state index contributed by atoms with van der Waals surface area (Å²) in [6.07, 6.45) is 4.21. The fourth-order valence-corrected chi connectivity index (χ4v) is 3.59. The van der Waals surface area contributed by atoms with Gasteiger partial charge in [0.15, 0.2) is 5.84 Å². The summed E-state index contributed by atoms with van der Waals surface area (Å²) in [7, 11) is 1.67. The highest BCUT2D eigenvalue weighted by Crippen LogP contribution is 2.25. The van der Waals surface area contributed by atoms with Gasteiger partial charge in [0, 0.05) is 29.6 Å². The molecule has 3 aromatic rings. The second-order valence-corrected chi connectivity index (χ2v) is 7.67. The zero-order valence-corrected chi connectivity index (χ0v) is 18.6. The smallest absolute Gasteiger partial charge is 0.155 e. The summed E-state index contributed by atoms with van der Waals surface area (Å²) in [6.45, 7) is 3.63. The van der Waals surface area contributed by atoms with Crippen molar-refractivity contribution < 1.29 is 9.57 Å². The summed E-state index contributed by atoms with van der Waals surface area (Å²) in [5.74, 6) is 1.60. The van der Waals surface area contributed by atoms with Crippen LogP contribution in [-0.2, 0) is 4.84 Å². The fourth-order valence-electron chi connectivity index (χ4n) is 3.59. The first-order valence-electron chi connectivity index (χ1n) is 11.0. The number of para-hydroxylation sites is 1. The van der Waals surface area contributed by atoms with Crippen LogP contribution >= 0.6 is 0 Å². The molecule has 1 N–H and O–H groups in total. The van der Waals surface area contributed by atoms with Gasteiger partial charge in [-0.25, -0.2) is 10.1 Å². The second-order valence-electron chi connectivity index (χ2n) is 7.67. The van der Waals surface area contributed by atoms with Crippen molar-refractivity contribution >= 4 is 22.9 Å². The van der Waals surface area contributed by atoms with Crippen LogP contribution in [0.15, 0.2) is 89.9 Å². The van der Waals surface area contributed by atoms with E-state index in [1.807, 2.05) is 59.7 Å².